The molecule has 0 fully saturated rings. The van der Waals surface area contributed by atoms with Gasteiger partial charge in [-0.1, -0.05) is 28.1 Å². The molecule has 2 aromatic carbocycles. The van der Waals surface area contributed by atoms with E-state index in [9.17, 15) is 13.2 Å². The smallest absolute Gasteiger partial charge is 0.343 e. The second-order valence-corrected chi connectivity index (χ2v) is 10.4. The summed E-state index contributed by atoms with van der Waals surface area (Å²) < 4.78 is 31.2. The number of nitrogens with one attached hydrogen (secondary N) is 2. The molecule has 0 saturated heterocycles. The Labute approximate surface area is 220 Å². The summed E-state index contributed by atoms with van der Waals surface area (Å²) in [6.45, 7) is 1.85. The summed E-state index contributed by atoms with van der Waals surface area (Å²) >= 11 is 3.46. The molecule has 188 valence electrons. The minimum Gasteiger partial charge on any atom is -0.462 e. The molecule has 1 aromatic heterocycles. The van der Waals surface area contributed by atoms with Gasteiger partial charge >= 0.3 is 5.97 Å². The van der Waals surface area contributed by atoms with Crippen LogP contribution in [0.2, 0.25) is 0 Å². The first-order chi connectivity index (χ1) is 17.7. The Morgan fingerprint density at radius 2 is 1.86 bits per heavy atom. The molecule has 5 rings (SSSR count). The van der Waals surface area contributed by atoms with Gasteiger partial charge in [-0.25, -0.2) is 33.3 Å². The van der Waals surface area contributed by atoms with Crippen LogP contribution in [0.15, 0.2) is 85.9 Å². The van der Waals surface area contributed by atoms with E-state index in [-0.39, 0.29) is 22.9 Å². The Kier molecular flexibility index (Phi) is 6.27. The number of fused-ring (bicyclic) bond motifs is 3. The van der Waals surface area contributed by atoms with Crippen molar-refractivity contribution in [3.05, 3.63) is 76.5 Å². The van der Waals surface area contributed by atoms with Gasteiger partial charge in [-0.15, -0.1) is 0 Å². The van der Waals surface area contributed by atoms with Crippen LogP contribution in [0.1, 0.15) is 12.5 Å². The zero-order valence-corrected chi connectivity index (χ0v) is 21.7. The summed E-state index contributed by atoms with van der Waals surface area (Å²) in [5, 5.41) is 15.2. The molecule has 0 unspecified atom stereocenters. The number of primary sulfonamides is 1. The second kappa shape index (κ2) is 9.42. The quantitative estimate of drug-likeness (QED) is 0.393. The number of hydrogen-bond donors (Lipinski definition) is 3. The first-order valence-electron chi connectivity index (χ1n) is 11.0. The van der Waals surface area contributed by atoms with E-state index in [2.05, 4.69) is 31.3 Å². The Hall–Kier alpha value is -4.07. The van der Waals surface area contributed by atoms with E-state index in [0.717, 1.165) is 15.6 Å². The summed E-state index contributed by atoms with van der Waals surface area (Å²) in [6.07, 6.45) is 4.70. The van der Waals surface area contributed by atoms with Crippen molar-refractivity contribution in [1.29, 1.82) is 5.41 Å². The van der Waals surface area contributed by atoms with Crippen LogP contribution in [-0.2, 0) is 19.6 Å². The van der Waals surface area contributed by atoms with Crippen molar-refractivity contribution >= 4 is 55.8 Å². The largest absolute Gasteiger partial charge is 0.462 e. The molecule has 2 aliphatic rings. The van der Waals surface area contributed by atoms with Crippen LogP contribution in [0.5, 0.6) is 0 Å². The number of nitrogens with zero attached hydrogens (tertiary/aromatic N) is 4. The van der Waals surface area contributed by atoms with Gasteiger partial charge in [-0.05, 0) is 48.9 Å². The maximum atomic E-state index is 12.4. The third-order valence-corrected chi connectivity index (χ3v) is 7.10. The number of halogens is 1. The van der Waals surface area contributed by atoms with Crippen molar-refractivity contribution in [1.82, 2.24) is 15.0 Å². The second-order valence-electron chi connectivity index (χ2n) is 7.96. The van der Waals surface area contributed by atoms with Crippen LogP contribution in [0.25, 0.3) is 16.8 Å². The fourth-order valence-electron chi connectivity index (χ4n) is 3.91. The zero-order valence-electron chi connectivity index (χ0n) is 19.3. The predicted molar refractivity (Wildman–Crippen MR) is 142 cm³/mol. The van der Waals surface area contributed by atoms with E-state index in [4.69, 9.17) is 15.3 Å². The molecule has 0 saturated carbocycles. The van der Waals surface area contributed by atoms with Gasteiger partial charge in [-0.3, -0.25) is 10.8 Å². The van der Waals surface area contributed by atoms with Crippen LogP contribution in [0, 0.1) is 5.41 Å². The van der Waals surface area contributed by atoms with Gasteiger partial charge in [0, 0.05) is 28.1 Å². The number of aliphatic imine (C=N–C) groups is 2. The number of aromatic nitrogens is 1. The minimum absolute atomic E-state index is 0.0107. The molecule has 0 spiro atoms. The molecule has 0 radical (unpaired) electrons. The highest BCUT2D eigenvalue weighted by Crippen LogP contribution is 2.39. The fraction of sp³-hybridized carbons (Fsp3) is 0.0833. The lowest BCUT2D eigenvalue weighted by Crippen LogP contribution is -2.40. The Morgan fingerprint density at radius 3 is 2.51 bits per heavy atom. The Morgan fingerprint density at radius 1 is 1.16 bits per heavy atom. The predicted octanol–water partition coefficient (Wildman–Crippen LogP) is 3.22. The highest BCUT2D eigenvalue weighted by atomic mass is 79.9. The van der Waals surface area contributed by atoms with Crippen LogP contribution >= 0.6 is 15.9 Å². The standard InChI is InChI=1S/C24H20BrN7O4S/c1-2-36-24(33)18-11-29-32-13-28-22-20(23(32)30-21(18)26)19(14-3-5-15(25)6-4-14)12-31(22)16-7-9-17(10-8-16)37(27,34)35/h3-13,26,29H,2H2,1H3,(H2,27,34,35). The maximum Gasteiger partial charge on any atom is 0.343 e. The van der Waals surface area contributed by atoms with Gasteiger partial charge in [0.1, 0.15) is 11.9 Å². The summed E-state index contributed by atoms with van der Waals surface area (Å²) in [5.41, 5.74) is 5.79. The van der Waals surface area contributed by atoms with Crippen LogP contribution in [0.4, 0.5) is 5.82 Å². The van der Waals surface area contributed by atoms with Gasteiger partial charge in [0.15, 0.2) is 17.5 Å². The normalized spacial score (nSPS) is 14.7. The average Bonchev–Trinajstić information content (AvgIpc) is 3.16. The number of hydrogen-bond acceptors (Lipinski definition) is 8. The summed E-state index contributed by atoms with van der Waals surface area (Å²) in [5.74, 6) is -0.0763. The number of benzene rings is 2. The molecular formula is C24H20BrN7O4S. The van der Waals surface area contributed by atoms with E-state index >= 15 is 0 Å². The summed E-state index contributed by atoms with van der Waals surface area (Å²) in [7, 11) is -3.85. The van der Waals surface area contributed by atoms with Crippen LogP contribution < -0.4 is 10.6 Å². The van der Waals surface area contributed by atoms with Gasteiger partial charge in [-0.2, -0.15) is 0 Å². The summed E-state index contributed by atoms with van der Waals surface area (Å²) in [6, 6.07) is 13.8. The molecular weight excluding hydrogens is 562 g/mol. The number of esters is 1. The number of nitrogens with two attached hydrogens (primary N) is 1. The maximum absolute atomic E-state index is 12.4. The minimum atomic E-state index is -3.85. The topological polar surface area (TPSA) is 155 Å². The fourth-order valence-corrected chi connectivity index (χ4v) is 4.69. The van der Waals surface area contributed by atoms with E-state index in [1.807, 2.05) is 30.5 Å². The molecule has 3 heterocycles. The van der Waals surface area contributed by atoms with Gasteiger partial charge in [0.2, 0.25) is 10.0 Å². The lowest BCUT2D eigenvalue weighted by atomic mass is 10.0. The number of sulfonamides is 1. The average molecular weight is 582 g/mol. The van der Waals surface area contributed by atoms with Gasteiger partial charge in [0.05, 0.1) is 17.1 Å². The monoisotopic (exact) mass is 581 g/mol. The first-order valence-corrected chi connectivity index (χ1v) is 13.3. The highest BCUT2D eigenvalue weighted by molar-refractivity contribution is 9.10. The van der Waals surface area contributed by atoms with Crippen LogP contribution in [0.3, 0.4) is 0 Å². The molecule has 4 N–H and O–H groups in total. The molecule has 37 heavy (non-hydrogen) atoms. The lowest BCUT2D eigenvalue weighted by Gasteiger charge is -2.24. The van der Waals surface area contributed by atoms with Crippen molar-refractivity contribution in [3.63, 3.8) is 0 Å². The van der Waals surface area contributed by atoms with Crippen molar-refractivity contribution in [2.24, 2.45) is 15.1 Å². The SMILES string of the molecule is CCOC(=O)C1=CNN2C=Nc3c(c(-c4ccc(Br)cc4)cn3-c3ccc(S(N)(=O)=O)cc3)C2=NC1=N. The summed E-state index contributed by atoms with van der Waals surface area (Å²) in [4.78, 5) is 21.4. The number of rotatable bonds is 5. The number of carbonyl (C=O) groups excluding carboxylic acids is 1. The number of ether oxygens (including phenoxy) is 1. The highest BCUT2D eigenvalue weighted by Gasteiger charge is 2.31. The molecule has 0 aliphatic carbocycles. The lowest BCUT2D eigenvalue weighted by molar-refractivity contribution is -0.137. The molecule has 3 aromatic rings. The molecule has 0 atom stereocenters. The zero-order chi connectivity index (χ0) is 26.3. The van der Waals surface area contributed by atoms with E-state index in [1.165, 1.54) is 29.7 Å². The molecule has 11 nitrogen and oxygen atoms in total. The number of hydrazine groups is 1. The van der Waals surface area contributed by atoms with E-state index < -0.39 is 16.0 Å². The van der Waals surface area contributed by atoms with Gasteiger partial charge < -0.3 is 9.30 Å². The number of amidine groups is 2. The third kappa shape index (κ3) is 4.59. The van der Waals surface area contributed by atoms with Gasteiger partial charge in [0.25, 0.3) is 0 Å². The van der Waals surface area contributed by atoms with Crippen molar-refractivity contribution < 1.29 is 17.9 Å². The third-order valence-electron chi connectivity index (χ3n) is 5.64. The van der Waals surface area contributed by atoms with Crippen LogP contribution in [-0.4, -0.2) is 48.6 Å². The van der Waals surface area contributed by atoms with Crippen molar-refractivity contribution in [2.75, 3.05) is 6.61 Å². The Balaban J connectivity index is 1.69. The van der Waals surface area contributed by atoms with E-state index in [1.54, 1.807) is 23.6 Å². The molecule has 2 aliphatic heterocycles. The Bertz CT molecular complexity index is 1620. The van der Waals surface area contributed by atoms with E-state index in [0.29, 0.717) is 22.9 Å². The first kappa shape index (κ1) is 24.6. The number of carbonyl (C=O) groups is 1. The van der Waals surface area contributed by atoms with Crippen molar-refractivity contribution in [2.45, 2.75) is 11.8 Å². The molecule has 0 bridgehead atoms. The molecule has 0 amide bonds. The van der Waals surface area contributed by atoms with Crippen molar-refractivity contribution in [3.8, 4) is 16.8 Å². The molecule has 13 heteroatoms.